The molecule has 0 spiro atoms. The average Bonchev–Trinajstić information content (AvgIpc) is 3.55. The Morgan fingerprint density at radius 1 is 1.00 bits per heavy atom. The highest BCUT2D eigenvalue weighted by atomic mass is 16.2. The highest BCUT2D eigenvalue weighted by Crippen LogP contribution is 2.32. The Kier molecular flexibility index (Phi) is 5.19. The third kappa shape index (κ3) is 4.18. The predicted molar refractivity (Wildman–Crippen MR) is 104 cm³/mol. The molecule has 2 aromatic rings. The van der Waals surface area contributed by atoms with E-state index in [-0.39, 0.29) is 23.8 Å². The fourth-order valence-corrected chi connectivity index (χ4v) is 3.77. The second-order valence-corrected chi connectivity index (χ2v) is 7.49. The lowest BCUT2D eigenvalue weighted by atomic mass is 10.0. The molecular formula is C22H25N3O2. The fraction of sp³-hybridized carbons (Fsp3) is 0.409. The van der Waals surface area contributed by atoms with E-state index in [9.17, 15) is 9.59 Å². The molecule has 5 nitrogen and oxygen atoms in total. The lowest BCUT2D eigenvalue weighted by Gasteiger charge is -2.30. The van der Waals surface area contributed by atoms with Crippen LogP contribution in [0.2, 0.25) is 0 Å². The quantitative estimate of drug-likeness (QED) is 0.886. The van der Waals surface area contributed by atoms with Gasteiger partial charge in [-0.3, -0.25) is 14.6 Å². The van der Waals surface area contributed by atoms with Crippen molar-refractivity contribution in [1.29, 1.82) is 0 Å². The normalized spacial score (nSPS) is 20.0. The third-order valence-electron chi connectivity index (χ3n) is 5.43. The molecule has 5 heteroatoms. The molecule has 2 amide bonds. The van der Waals surface area contributed by atoms with Crippen molar-refractivity contribution in [1.82, 2.24) is 9.88 Å². The lowest BCUT2D eigenvalue weighted by Crippen LogP contribution is -2.34. The van der Waals surface area contributed by atoms with Crippen LogP contribution < -0.4 is 5.32 Å². The number of rotatable bonds is 4. The molecule has 1 saturated carbocycles. The van der Waals surface area contributed by atoms with E-state index in [2.05, 4.69) is 10.3 Å². The van der Waals surface area contributed by atoms with Gasteiger partial charge in [-0.25, -0.2) is 0 Å². The molecule has 1 unspecified atom stereocenters. The number of pyridine rings is 1. The maximum absolute atomic E-state index is 13.3. The number of anilines is 1. The topological polar surface area (TPSA) is 62.3 Å². The predicted octanol–water partition coefficient (Wildman–Crippen LogP) is 4.19. The van der Waals surface area contributed by atoms with Crippen LogP contribution >= 0.6 is 0 Å². The largest absolute Gasteiger partial charge is 0.332 e. The Bertz CT molecular complexity index is 817. The molecule has 2 aliphatic rings. The summed E-state index contributed by atoms with van der Waals surface area (Å²) in [6, 6.07) is 11.4. The number of hydrogen-bond donors (Lipinski definition) is 1. The van der Waals surface area contributed by atoms with Crippen LogP contribution in [-0.4, -0.2) is 28.2 Å². The van der Waals surface area contributed by atoms with Crippen LogP contribution in [0.5, 0.6) is 0 Å². The second-order valence-electron chi connectivity index (χ2n) is 7.49. The molecule has 0 radical (unpaired) electrons. The van der Waals surface area contributed by atoms with Crippen LogP contribution in [0.1, 0.15) is 60.5 Å². The van der Waals surface area contributed by atoms with Crippen molar-refractivity contribution in [3.8, 4) is 0 Å². The van der Waals surface area contributed by atoms with Crippen molar-refractivity contribution in [3.05, 3.63) is 59.9 Å². The summed E-state index contributed by atoms with van der Waals surface area (Å²) in [6.07, 6.45) is 9.75. The Balaban J connectivity index is 1.56. The Hall–Kier alpha value is -2.69. The van der Waals surface area contributed by atoms with Gasteiger partial charge in [-0.05, 0) is 61.6 Å². The average molecular weight is 363 g/mol. The minimum Gasteiger partial charge on any atom is -0.332 e. The Morgan fingerprint density at radius 3 is 2.59 bits per heavy atom. The van der Waals surface area contributed by atoms with Gasteiger partial charge in [-0.2, -0.15) is 0 Å². The number of likely N-dealkylation sites (tertiary alicyclic amines) is 1. The van der Waals surface area contributed by atoms with Crippen LogP contribution in [0.3, 0.4) is 0 Å². The number of benzene rings is 1. The number of carbonyl (C=O) groups excluding carboxylic acids is 2. The molecule has 1 aliphatic heterocycles. The van der Waals surface area contributed by atoms with E-state index in [4.69, 9.17) is 0 Å². The maximum Gasteiger partial charge on any atom is 0.254 e. The number of hydrogen-bond acceptors (Lipinski definition) is 3. The molecule has 1 aliphatic carbocycles. The van der Waals surface area contributed by atoms with Crippen molar-refractivity contribution in [2.24, 2.45) is 5.92 Å². The van der Waals surface area contributed by atoms with Gasteiger partial charge >= 0.3 is 0 Å². The molecule has 2 fully saturated rings. The Morgan fingerprint density at radius 2 is 1.81 bits per heavy atom. The summed E-state index contributed by atoms with van der Waals surface area (Å²) in [6.45, 7) is 0.754. The minimum atomic E-state index is 0.0289. The van der Waals surface area contributed by atoms with Crippen LogP contribution in [-0.2, 0) is 4.79 Å². The Labute approximate surface area is 159 Å². The zero-order chi connectivity index (χ0) is 18.6. The molecule has 27 heavy (non-hydrogen) atoms. The molecule has 1 aromatic heterocycles. The summed E-state index contributed by atoms with van der Waals surface area (Å²) in [4.78, 5) is 31.4. The van der Waals surface area contributed by atoms with E-state index in [1.807, 2.05) is 35.2 Å². The standard InChI is InChI=1S/C22H25N3O2/c26-21(17-8-9-17)24-19-6-4-5-18(15-19)22(27)25-14-3-1-2-7-20(25)16-10-12-23-13-11-16/h4-6,10-13,15,17,20H,1-3,7-9,14H2,(H,24,26). The fourth-order valence-electron chi connectivity index (χ4n) is 3.77. The zero-order valence-corrected chi connectivity index (χ0v) is 15.4. The van der Waals surface area contributed by atoms with Crippen LogP contribution in [0.15, 0.2) is 48.8 Å². The third-order valence-corrected chi connectivity index (χ3v) is 5.43. The van der Waals surface area contributed by atoms with Crippen LogP contribution in [0.4, 0.5) is 5.69 Å². The zero-order valence-electron chi connectivity index (χ0n) is 15.4. The summed E-state index contributed by atoms with van der Waals surface area (Å²) in [5.74, 6) is 0.233. The first-order chi connectivity index (χ1) is 13.2. The molecular weight excluding hydrogens is 338 g/mol. The molecule has 1 N–H and O–H groups in total. The van der Waals surface area contributed by atoms with Crippen molar-refractivity contribution in [2.45, 2.75) is 44.6 Å². The molecule has 2 heterocycles. The SMILES string of the molecule is O=C(Nc1cccc(C(=O)N2CCCCCC2c2ccncc2)c1)C1CC1. The van der Waals surface area contributed by atoms with Gasteiger partial charge in [0.2, 0.25) is 5.91 Å². The van der Waals surface area contributed by atoms with Crippen molar-refractivity contribution >= 4 is 17.5 Å². The highest BCUT2D eigenvalue weighted by Gasteiger charge is 2.30. The summed E-state index contributed by atoms with van der Waals surface area (Å²) < 4.78 is 0. The van der Waals surface area contributed by atoms with Crippen molar-refractivity contribution in [3.63, 3.8) is 0 Å². The first-order valence-corrected chi connectivity index (χ1v) is 9.84. The molecule has 1 atom stereocenters. The van der Waals surface area contributed by atoms with E-state index < -0.39 is 0 Å². The number of nitrogens with one attached hydrogen (secondary N) is 1. The van der Waals surface area contributed by atoms with E-state index in [1.165, 1.54) is 0 Å². The van der Waals surface area contributed by atoms with Gasteiger partial charge in [0.15, 0.2) is 0 Å². The molecule has 1 saturated heterocycles. The van der Waals surface area contributed by atoms with Crippen LogP contribution in [0.25, 0.3) is 0 Å². The van der Waals surface area contributed by atoms with Gasteiger partial charge in [0.05, 0.1) is 6.04 Å². The van der Waals surface area contributed by atoms with Gasteiger partial charge in [0.1, 0.15) is 0 Å². The van der Waals surface area contributed by atoms with Crippen molar-refractivity contribution in [2.75, 3.05) is 11.9 Å². The van der Waals surface area contributed by atoms with E-state index in [1.54, 1.807) is 18.5 Å². The van der Waals surface area contributed by atoms with Gasteiger partial charge in [-0.15, -0.1) is 0 Å². The summed E-state index contributed by atoms with van der Waals surface area (Å²) >= 11 is 0. The summed E-state index contributed by atoms with van der Waals surface area (Å²) in [7, 11) is 0. The smallest absolute Gasteiger partial charge is 0.254 e. The summed E-state index contributed by atoms with van der Waals surface area (Å²) in [5, 5.41) is 2.94. The number of aromatic nitrogens is 1. The maximum atomic E-state index is 13.3. The van der Waals surface area contributed by atoms with E-state index >= 15 is 0 Å². The molecule has 0 bridgehead atoms. The van der Waals surface area contributed by atoms with E-state index in [0.717, 1.165) is 50.6 Å². The van der Waals surface area contributed by atoms with E-state index in [0.29, 0.717) is 11.3 Å². The minimum absolute atomic E-state index is 0.0289. The van der Waals surface area contributed by atoms with Gasteiger partial charge in [0, 0.05) is 36.1 Å². The van der Waals surface area contributed by atoms with Gasteiger partial charge < -0.3 is 10.2 Å². The van der Waals surface area contributed by atoms with Gasteiger partial charge in [-0.1, -0.05) is 18.9 Å². The monoisotopic (exact) mass is 363 g/mol. The summed E-state index contributed by atoms with van der Waals surface area (Å²) in [5.41, 5.74) is 2.47. The van der Waals surface area contributed by atoms with Crippen LogP contribution in [0, 0.1) is 5.92 Å². The van der Waals surface area contributed by atoms with Gasteiger partial charge in [0.25, 0.3) is 5.91 Å². The first kappa shape index (κ1) is 17.7. The van der Waals surface area contributed by atoms with Crippen molar-refractivity contribution < 1.29 is 9.59 Å². The number of amides is 2. The molecule has 4 rings (SSSR count). The highest BCUT2D eigenvalue weighted by molar-refractivity contribution is 5.98. The number of carbonyl (C=O) groups is 2. The number of nitrogens with zero attached hydrogens (tertiary/aromatic N) is 2. The second kappa shape index (κ2) is 7.91. The first-order valence-electron chi connectivity index (χ1n) is 9.84. The lowest BCUT2D eigenvalue weighted by molar-refractivity contribution is -0.117. The molecule has 140 valence electrons. The molecule has 1 aromatic carbocycles.